The SMILES string of the molecule is Cc1nc2nc(C)c(CCC(=O)Nc3ccc4nc(C(C)C)sc4c3)c(=O)n2[nH]1. The van der Waals surface area contributed by atoms with E-state index in [-0.39, 0.29) is 17.9 Å². The molecule has 0 fully saturated rings. The molecule has 0 unspecified atom stereocenters. The van der Waals surface area contributed by atoms with E-state index in [1.807, 2.05) is 18.2 Å². The van der Waals surface area contributed by atoms with E-state index in [4.69, 9.17) is 0 Å². The molecule has 3 aromatic heterocycles. The summed E-state index contributed by atoms with van der Waals surface area (Å²) in [6, 6.07) is 5.71. The number of carbonyl (C=O) groups is 1. The Kier molecular flexibility index (Phi) is 4.91. The Balaban J connectivity index is 1.48. The Morgan fingerprint density at radius 2 is 2.03 bits per heavy atom. The maximum absolute atomic E-state index is 12.7. The Morgan fingerprint density at radius 1 is 1.24 bits per heavy atom. The smallest absolute Gasteiger partial charge is 0.277 e. The van der Waals surface area contributed by atoms with Crippen LogP contribution >= 0.6 is 11.3 Å². The van der Waals surface area contributed by atoms with Gasteiger partial charge in [-0.3, -0.25) is 14.7 Å². The number of hydrogen-bond donors (Lipinski definition) is 2. The van der Waals surface area contributed by atoms with Crippen LogP contribution in [0.5, 0.6) is 0 Å². The first-order valence-corrected chi connectivity index (χ1v) is 10.3. The van der Waals surface area contributed by atoms with Crippen LogP contribution in [0.2, 0.25) is 0 Å². The zero-order valence-electron chi connectivity index (χ0n) is 16.7. The van der Waals surface area contributed by atoms with Crippen molar-refractivity contribution in [3.8, 4) is 0 Å². The number of thiazole rings is 1. The van der Waals surface area contributed by atoms with E-state index in [9.17, 15) is 9.59 Å². The number of anilines is 1. The minimum absolute atomic E-state index is 0.150. The van der Waals surface area contributed by atoms with Crippen molar-refractivity contribution in [3.63, 3.8) is 0 Å². The number of rotatable bonds is 5. The molecule has 8 nitrogen and oxygen atoms in total. The fourth-order valence-electron chi connectivity index (χ4n) is 3.18. The molecule has 2 N–H and O–H groups in total. The number of carbonyl (C=O) groups excluding carboxylic acids is 1. The molecule has 0 aliphatic rings. The van der Waals surface area contributed by atoms with Gasteiger partial charge in [0.25, 0.3) is 11.3 Å². The molecule has 0 radical (unpaired) electrons. The van der Waals surface area contributed by atoms with Gasteiger partial charge < -0.3 is 5.32 Å². The summed E-state index contributed by atoms with van der Waals surface area (Å²) in [7, 11) is 0. The highest BCUT2D eigenvalue weighted by atomic mass is 32.1. The van der Waals surface area contributed by atoms with Crippen molar-refractivity contribution in [1.29, 1.82) is 0 Å². The molecule has 0 aliphatic carbocycles. The zero-order chi connectivity index (χ0) is 20.7. The summed E-state index contributed by atoms with van der Waals surface area (Å²) in [4.78, 5) is 38.2. The average molecular weight is 411 g/mol. The summed E-state index contributed by atoms with van der Waals surface area (Å²) in [5.74, 6) is 1.18. The first kappa shape index (κ1) is 19.3. The monoisotopic (exact) mass is 410 g/mol. The van der Waals surface area contributed by atoms with Gasteiger partial charge in [-0.05, 0) is 38.5 Å². The van der Waals surface area contributed by atoms with Crippen molar-refractivity contribution in [3.05, 3.63) is 50.6 Å². The Morgan fingerprint density at radius 3 is 2.79 bits per heavy atom. The lowest BCUT2D eigenvalue weighted by Gasteiger charge is -2.07. The molecule has 150 valence electrons. The molecule has 0 aliphatic heterocycles. The van der Waals surface area contributed by atoms with Gasteiger partial charge in [0, 0.05) is 23.6 Å². The van der Waals surface area contributed by atoms with Crippen molar-refractivity contribution in [2.75, 3.05) is 5.32 Å². The standard InChI is InChI=1S/C20H22N6O2S/c1-10(2)18-24-15-7-5-13(9-16(15)29-18)23-17(27)8-6-14-11(3)21-20-22-12(4)25-26(20)19(14)28/h5,7,9-10H,6,8H2,1-4H3,(H,23,27)(H,21,22,25). The molecule has 0 atom stereocenters. The third-order valence-corrected chi connectivity index (χ3v) is 6.01. The number of nitrogens with one attached hydrogen (secondary N) is 2. The number of aryl methyl sites for hydroxylation is 2. The van der Waals surface area contributed by atoms with Crippen molar-refractivity contribution in [2.45, 2.75) is 46.5 Å². The van der Waals surface area contributed by atoms with Crippen LogP contribution in [0.3, 0.4) is 0 Å². The van der Waals surface area contributed by atoms with Crippen LogP contribution in [-0.2, 0) is 11.2 Å². The zero-order valence-corrected chi connectivity index (χ0v) is 17.6. The minimum atomic E-state index is -0.215. The molecule has 9 heteroatoms. The van der Waals surface area contributed by atoms with Gasteiger partial charge >= 0.3 is 0 Å². The molecule has 29 heavy (non-hydrogen) atoms. The predicted molar refractivity (Wildman–Crippen MR) is 114 cm³/mol. The van der Waals surface area contributed by atoms with E-state index in [0.717, 1.165) is 20.9 Å². The largest absolute Gasteiger partial charge is 0.326 e. The summed E-state index contributed by atoms with van der Waals surface area (Å²) in [6.45, 7) is 7.76. The van der Waals surface area contributed by atoms with Gasteiger partial charge in [-0.25, -0.2) is 9.97 Å². The molecule has 0 saturated heterocycles. The van der Waals surface area contributed by atoms with E-state index in [1.165, 1.54) is 4.52 Å². The van der Waals surface area contributed by atoms with Gasteiger partial charge in [0.2, 0.25) is 5.91 Å². The van der Waals surface area contributed by atoms with Gasteiger partial charge in [0.1, 0.15) is 5.82 Å². The van der Waals surface area contributed by atoms with Crippen LogP contribution < -0.4 is 10.9 Å². The quantitative estimate of drug-likeness (QED) is 0.525. The second-order valence-electron chi connectivity index (χ2n) is 7.36. The fraction of sp³-hybridized carbons (Fsp3) is 0.350. The molecule has 1 aromatic carbocycles. The second kappa shape index (κ2) is 7.40. The minimum Gasteiger partial charge on any atom is -0.326 e. The topological polar surface area (TPSA) is 105 Å². The van der Waals surface area contributed by atoms with E-state index < -0.39 is 0 Å². The van der Waals surface area contributed by atoms with Gasteiger partial charge in [0.05, 0.1) is 20.9 Å². The summed E-state index contributed by atoms with van der Waals surface area (Å²) >= 11 is 1.64. The molecular weight excluding hydrogens is 388 g/mol. The number of amides is 1. The third kappa shape index (κ3) is 3.77. The lowest BCUT2D eigenvalue weighted by Crippen LogP contribution is -2.23. The maximum Gasteiger partial charge on any atom is 0.277 e. The lowest BCUT2D eigenvalue weighted by atomic mass is 10.1. The van der Waals surface area contributed by atoms with Crippen molar-refractivity contribution in [1.82, 2.24) is 24.6 Å². The van der Waals surface area contributed by atoms with Crippen LogP contribution in [0.1, 0.15) is 48.3 Å². The first-order chi connectivity index (χ1) is 13.8. The van der Waals surface area contributed by atoms with Crippen LogP contribution in [-0.4, -0.2) is 30.5 Å². The number of benzene rings is 1. The Hall–Kier alpha value is -3.07. The number of aromatic amines is 1. The number of hydrogen-bond acceptors (Lipinski definition) is 6. The normalized spacial score (nSPS) is 11.6. The lowest BCUT2D eigenvalue weighted by molar-refractivity contribution is -0.116. The van der Waals surface area contributed by atoms with Gasteiger partial charge in [0.15, 0.2) is 0 Å². The number of nitrogens with zero attached hydrogens (tertiary/aromatic N) is 4. The number of fused-ring (bicyclic) bond motifs is 2. The van der Waals surface area contributed by atoms with E-state index >= 15 is 0 Å². The highest BCUT2D eigenvalue weighted by Gasteiger charge is 2.14. The second-order valence-corrected chi connectivity index (χ2v) is 8.43. The summed E-state index contributed by atoms with van der Waals surface area (Å²) in [5, 5.41) is 6.87. The van der Waals surface area contributed by atoms with Crippen LogP contribution in [0.15, 0.2) is 23.0 Å². The molecule has 1 amide bonds. The van der Waals surface area contributed by atoms with Crippen molar-refractivity contribution >= 4 is 38.9 Å². The van der Waals surface area contributed by atoms with Crippen molar-refractivity contribution in [2.24, 2.45) is 0 Å². The predicted octanol–water partition coefficient (Wildman–Crippen LogP) is 3.34. The molecule has 0 bridgehead atoms. The van der Waals surface area contributed by atoms with E-state index in [0.29, 0.717) is 35.2 Å². The molecule has 3 heterocycles. The molecule has 4 rings (SSSR count). The molecule has 0 spiro atoms. The molecule has 4 aromatic rings. The van der Waals surface area contributed by atoms with Gasteiger partial charge in [-0.15, -0.1) is 11.3 Å². The average Bonchev–Trinajstić information content (AvgIpc) is 3.24. The van der Waals surface area contributed by atoms with E-state index in [2.05, 4.69) is 39.2 Å². The number of H-pyrrole nitrogens is 1. The molecular formula is C20H22N6O2S. The van der Waals surface area contributed by atoms with E-state index in [1.54, 1.807) is 25.2 Å². The third-order valence-electron chi connectivity index (χ3n) is 4.69. The molecule has 0 saturated carbocycles. The summed E-state index contributed by atoms with van der Waals surface area (Å²) in [5.41, 5.74) is 2.57. The maximum atomic E-state index is 12.7. The highest BCUT2D eigenvalue weighted by Crippen LogP contribution is 2.29. The van der Waals surface area contributed by atoms with Gasteiger partial charge in [-0.2, -0.15) is 9.50 Å². The fourth-order valence-corrected chi connectivity index (χ4v) is 4.19. The Labute approximate surface area is 171 Å². The van der Waals surface area contributed by atoms with Crippen LogP contribution in [0, 0.1) is 13.8 Å². The van der Waals surface area contributed by atoms with Gasteiger partial charge in [-0.1, -0.05) is 13.8 Å². The summed E-state index contributed by atoms with van der Waals surface area (Å²) in [6.07, 6.45) is 0.500. The van der Waals surface area contributed by atoms with Crippen molar-refractivity contribution < 1.29 is 4.79 Å². The van der Waals surface area contributed by atoms with Crippen LogP contribution in [0.25, 0.3) is 16.0 Å². The summed E-state index contributed by atoms with van der Waals surface area (Å²) < 4.78 is 2.37. The highest BCUT2D eigenvalue weighted by molar-refractivity contribution is 7.18. The van der Waals surface area contributed by atoms with Crippen LogP contribution in [0.4, 0.5) is 5.69 Å². The first-order valence-electron chi connectivity index (χ1n) is 9.47. The number of aromatic nitrogens is 5. The Bertz CT molecular complexity index is 1280.